The summed E-state index contributed by atoms with van der Waals surface area (Å²) in [5.74, 6) is 0.971. The van der Waals surface area contributed by atoms with Crippen molar-refractivity contribution in [3.63, 3.8) is 0 Å². The second-order valence-electron chi connectivity index (χ2n) is 6.04. The Hall–Kier alpha value is -1.06. The molecule has 0 radical (unpaired) electrons. The highest BCUT2D eigenvalue weighted by Crippen LogP contribution is 2.12. The lowest BCUT2D eigenvalue weighted by Gasteiger charge is -2.29. The summed E-state index contributed by atoms with van der Waals surface area (Å²) in [6.07, 6.45) is 2.62. The fraction of sp³-hybridized carbons (Fsp3) is 0.647. The number of ether oxygens (including phenoxy) is 1. The van der Waals surface area contributed by atoms with Crippen molar-refractivity contribution < 1.29 is 4.74 Å². The average Bonchev–Trinajstić information content (AvgIpc) is 2.92. The third-order valence-electron chi connectivity index (χ3n) is 4.02. The first kappa shape index (κ1) is 15.3. The van der Waals surface area contributed by atoms with Crippen LogP contribution < -0.4 is 10.1 Å². The molecule has 1 fully saturated rings. The topological polar surface area (TPSA) is 24.5 Å². The van der Waals surface area contributed by atoms with E-state index in [4.69, 9.17) is 4.74 Å². The maximum atomic E-state index is 5.84. The largest absolute Gasteiger partial charge is 0.492 e. The van der Waals surface area contributed by atoms with Gasteiger partial charge in [0.2, 0.25) is 0 Å². The van der Waals surface area contributed by atoms with E-state index in [1.165, 1.54) is 24.9 Å². The molecule has 0 spiro atoms. The zero-order chi connectivity index (χ0) is 14.4. The lowest BCUT2D eigenvalue weighted by atomic mass is 10.2. The van der Waals surface area contributed by atoms with Crippen LogP contribution >= 0.6 is 0 Å². The standard InChI is InChI=1S/C17H28N2O/c1-14(2)19(13-16-5-4-10-18-16)11-12-20-17-8-6-15(3)7-9-17/h6-9,14,16,18H,4-5,10-13H2,1-3H3. The van der Waals surface area contributed by atoms with E-state index in [0.29, 0.717) is 12.1 Å². The normalized spacial score (nSPS) is 18.9. The van der Waals surface area contributed by atoms with E-state index >= 15 is 0 Å². The molecule has 1 unspecified atom stereocenters. The van der Waals surface area contributed by atoms with E-state index in [2.05, 4.69) is 43.1 Å². The molecule has 1 aliphatic heterocycles. The van der Waals surface area contributed by atoms with Gasteiger partial charge in [0, 0.05) is 25.2 Å². The number of hydrogen-bond donors (Lipinski definition) is 1. The molecule has 1 aromatic carbocycles. The summed E-state index contributed by atoms with van der Waals surface area (Å²) in [5, 5.41) is 3.57. The molecule has 1 saturated heterocycles. The quantitative estimate of drug-likeness (QED) is 0.829. The predicted molar refractivity (Wildman–Crippen MR) is 84.4 cm³/mol. The van der Waals surface area contributed by atoms with Crippen LogP contribution in [0.2, 0.25) is 0 Å². The summed E-state index contributed by atoms with van der Waals surface area (Å²) >= 11 is 0. The van der Waals surface area contributed by atoms with E-state index < -0.39 is 0 Å². The lowest BCUT2D eigenvalue weighted by Crippen LogP contribution is -2.43. The van der Waals surface area contributed by atoms with Crippen LogP contribution in [0.15, 0.2) is 24.3 Å². The van der Waals surface area contributed by atoms with Gasteiger partial charge >= 0.3 is 0 Å². The van der Waals surface area contributed by atoms with Gasteiger partial charge in [0.1, 0.15) is 12.4 Å². The van der Waals surface area contributed by atoms with Crippen LogP contribution in [0.1, 0.15) is 32.3 Å². The Kier molecular flexibility index (Phi) is 5.86. The molecule has 1 atom stereocenters. The van der Waals surface area contributed by atoms with Gasteiger partial charge in [-0.25, -0.2) is 0 Å². The van der Waals surface area contributed by atoms with Gasteiger partial charge in [-0.2, -0.15) is 0 Å². The molecule has 0 amide bonds. The van der Waals surface area contributed by atoms with Crippen LogP contribution in [-0.2, 0) is 0 Å². The first-order chi connectivity index (χ1) is 9.65. The minimum atomic E-state index is 0.569. The maximum Gasteiger partial charge on any atom is 0.119 e. The first-order valence-corrected chi connectivity index (χ1v) is 7.82. The van der Waals surface area contributed by atoms with Crippen molar-refractivity contribution in [2.75, 3.05) is 26.2 Å². The predicted octanol–water partition coefficient (Wildman–Crippen LogP) is 2.84. The zero-order valence-corrected chi connectivity index (χ0v) is 13.1. The van der Waals surface area contributed by atoms with Crippen molar-refractivity contribution in [3.05, 3.63) is 29.8 Å². The molecule has 1 heterocycles. The van der Waals surface area contributed by atoms with Crippen LogP contribution in [-0.4, -0.2) is 43.2 Å². The Morgan fingerprint density at radius 2 is 2.05 bits per heavy atom. The SMILES string of the molecule is Cc1ccc(OCCN(CC2CCCN2)C(C)C)cc1. The molecule has 2 rings (SSSR count). The third kappa shape index (κ3) is 4.80. The van der Waals surface area contributed by atoms with Crippen molar-refractivity contribution in [1.29, 1.82) is 0 Å². The summed E-state index contributed by atoms with van der Waals surface area (Å²) in [7, 11) is 0. The van der Waals surface area contributed by atoms with Crippen molar-refractivity contribution in [2.24, 2.45) is 0 Å². The van der Waals surface area contributed by atoms with Gasteiger partial charge in [-0.3, -0.25) is 4.90 Å². The maximum absolute atomic E-state index is 5.84. The van der Waals surface area contributed by atoms with E-state index in [1.54, 1.807) is 0 Å². The van der Waals surface area contributed by atoms with E-state index in [0.717, 1.165) is 25.4 Å². The van der Waals surface area contributed by atoms with Crippen LogP contribution in [0.3, 0.4) is 0 Å². The van der Waals surface area contributed by atoms with E-state index in [-0.39, 0.29) is 0 Å². The van der Waals surface area contributed by atoms with Crippen molar-refractivity contribution in [1.82, 2.24) is 10.2 Å². The van der Waals surface area contributed by atoms with Crippen LogP contribution in [0, 0.1) is 6.92 Å². The highest BCUT2D eigenvalue weighted by Gasteiger charge is 2.19. The molecule has 1 aromatic rings. The molecule has 0 bridgehead atoms. The summed E-state index contributed by atoms with van der Waals surface area (Å²) in [4.78, 5) is 2.51. The van der Waals surface area contributed by atoms with Gasteiger partial charge < -0.3 is 10.1 Å². The van der Waals surface area contributed by atoms with Gasteiger partial charge in [-0.1, -0.05) is 17.7 Å². The summed E-state index contributed by atoms with van der Waals surface area (Å²) in [6, 6.07) is 9.52. The van der Waals surface area contributed by atoms with Gasteiger partial charge in [0.25, 0.3) is 0 Å². The second kappa shape index (κ2) is 7.65. The fourth-order valence-electron chi connectivity index (χ4n) is 2.67. The Morgan fingerprint density at radius 3 is 2.65 bits per heavy atom. The summed E-state index contributed by atoms with van der Waals surface area (Å²) in [6.45, 7) is 10.7. The molecule has 3 nitrogen and oxygen atoms in total. The monoisotopic (exact) mass is 276 g/mol. The molecule has 0 saturated carbocycles. The fourth-order valence-corrected chi connectivity index (χ4v) is 2.67. The Balaban J connectivity index is 1.75. The minimum absolute atomic E-state index is 0.569. The molecular weight excluding hydrogens is 248 g/mol. The smallest absolute Gasteiger partial charge is 0.119 e. The van der Waals surface area contributed by atoms with Crippen LogP contribution in [0.4, 0.5) is 0 Å². The van der Waals surface area contributed by atoms with E-state index in [1.807, 2.05) is 12.1 Å². The number of benzene rings is 1. The van der Waals surface area contributed by atoms with Crippen molar-refractivity contribution >= 4 is 0 Å². The van der Waals surface area contributed by atoms with Crippen LogP contribution in [0.5, 0.6) is 5.75 Å². The Bertz CT molecular complexity index is 382. The molecule has 112 valence electrons. The van der Waals surface area contributed by atoms with Crippen molar-refractivity contribution in [2.45, 2.75) is 45.7 Å². The molecule has 0 aliphatic carbocycles. The minimum Gasteiger partial charge on any atom is -0.492 e. The first-order valence-electron chi connectivity index (χ1n) is 7.82. The molecule has 3 heteroatoms. The third-order valence-corrected chi connectivity index (χ3v) is 4.02. The van der Waals surface area contributed by atoms with Gasteiger partial charge in [-0.05, 0) is 52.3 Å². The number of hydrogen-bond acceptors (Lipinski definition) is 3. The highest BCUT2D eigenvalue weighted by molar-refractivity contribution is 5.26. The van der Waals surface area contributed by atoms with Gasteiger partial charge in [-0.15, -0.1) is 0 Å². The lowest BCUT2D eigenvalue weighted by molar-refractivity contribution is 0.164. The van der Waals surface area contributed by atoms with Gasteiger partial charge in [0.15, 0.2) is 0 Å². The molecule has 20 heavy (non-hydrogen) atoms. The molecule has 1 N–H and O–H groups in total. The number of nitrogens with zero attached hydrogens (tertiary/aromatic N) is 1. The molecule has 1 aliphatic rings. The second-order valence-corrected chi connectivity index (χ2v) is 6.04. The zero-order valence-electron chi connectivity index (χ0n) is 13.1. The Morgan fingerprint density at radius 1 is 1.30 bits per heavy atom. The van der Waals surface area contributed by atoms with Crippen molar-refractivity contribution in [3.8, 4) is 5.75 Å². The number of rotatable bonds is 7. The molecule has 0 aromatic heterocycles. The number of aryl methyl sites for hydroxylation is 1. The van der Waals surface area contributed by atoms with Gasteiger partial charge in [0.05, 0.1) is 0 Å². The van der Waals surface area contributed by atoms with Crippen LogP contribution in [0.25, 0.3) is 0 Å². The number of nitrogens with one attached hydrogen (secondary N) is 1. The Labute approximate surface area is 123 Å². The van der Waals surface area contributed by atoms with E-state index in [9.17, 15) is 0 Å². The summed E-state index contributed by atoms with van der Waals surface area (Å²) in [5.41, 5.74) is 1.27. The molecular formula is C17H28N2O. The summed E-state index contributed by atoms with van der Waals surface area (Å²) < 4.78 is 5.84. The highest BCUT2D eigenvalue weighted by atomic mass is 16.5. The average molecular weight is 276 g/mol.